The van der Waals surface area contributed by atoms with E-state index in [1.165, 1.54) is 0 Å². The van der Waals surface area contributed by atoms with Crippen LogP contribution >= 0.6 is 0 Å². The van der Waals surface area contributed by atoms with E-state index in [1.54, 1.807) is 65.3 Å². The van der Waals surface area contributed by atoms with E-state index < -0.39 is 5.41 Å². The zero-order valence-electron chi connectivity index (χ0n) is 17.2. The lowest BCUT2D eigenvalue weighted by atomic mass is 9.85. The third kappa shape index (κ3) is 4.33. The van der Waals surface area contributed by atoms with Crippen molar-refractivity contribution in [2.45, 2.75) is 19.3 Å². The van der Waals surface area contributed by atoms with Gasteiger partial charge in [0.25, 0.3) is 5.91 Å². The Bertz CT molecular complexity index is 1320. The molecule has 0 aliphatic carbocycles. The van der Waals surface area contributed by atoms with E-state index in [4.69, 9.17) is 10.5 Å². The third-order valence-electron chi connectivity index (χ3n) is 4.90. The number of benzene rings is 2. The Morgan fingerprint density at radius 3 is 2.71 bits per heavy atom. The molecule has 1 amide bonds. The van der Waals surface area contributed by atoms with Crippen LogP contribution in [0.3, 0.4) is 0 Å². The fourth-order valence-electron chi connectivity index (χ4n) is 3.14. The molecule has 0 bridgehead atoms. The number of carbonyl (C=O) groups is 1. The number of rotatable bonds is 5. The monoisotopic (exact) mass is 411 g/mol. The Hall–Kier alpha value is -4.31. The van der Waals surface area contributed by atoms with Gasteiger partial charge in [0, 0.05) is 17.3 Å². The van der Waals surface area contributed by atoms with E-state index in [0.29, 0.717) is 28.6 Å². The number of hydrogen-bond acceptors (Lipinski definition) is 5. The van der Waals surface area contributed by atoms with Crippen molar-refractivity contribution in [2.75, 3.05) is 11.1 Å². The minimum Gasteiger partial charge on any atom is -0.456 e. The van der Waals surface area contributed by atoms with E-state index in [2.05, 4.69) is 16.4 Å². The quantitative estimate of drug-likeness (QED) is 0.492. The number of fused-ring (bicyclic) bond motifs is 1. The summed E-state index contributed by atoms with van der Waals surface area (Å²) in [5.41, 5.74) is 7.64. The van der Waals surface area contributed by atoms with Gasteiger partial charge in [0.05, 0.1) is 23.9 Å². The zero-order valence-corrected chi connectivity index (χ0v) is 17.2. The molecule has 0 saturated heterocycles. The van der Waals surface area contributed by atoms with Gasteiger partial charge in [0.1, 0.15) is 23.0 Å². The molecule has 0 saturated carbocycles. The summed E-state index contributed by atoms with van der Waals surface area (Å²) < 4.78 is 7.71. The first kappa shape index (κ1) is 20.0. The van der Waals surface area contributed by atoms with Crippen molar-refractivity contribution < 1.29 is 9.53 Å². The highest BCUT2D eigenvalue weighted by Gasteiger charge is 2.20. The van der Waals surface area contributed by atoms with Gasteiger partial charge in [0.2, 0.25) is 0 Å². The molecule has 3 N–H and O–H groups in total. The van der Waals surface area contributed by atoms with Crippen LogP contribution in [0, 0.1) is 11.3 Å². The maximum absolute atomic E-state index is 12.7. The first-order valence-corrected chi connectivity index (χ1v) is 9.69. The van der Waals surface area contributed by atoms with Crippen molar-refractivity contribution in [3.05, 3.63) is 84.2 Å². The topological polar surface area (TPSA) is 105 Å². The van der Waals surface area contributed by atoms with Gasteiger partial charge in [0.15, 0.2) is 0 Å². The molecule has 0 aliphatic heterocycles. The number of nitrogens with zero attached hydrogens (tertiary/aromatic N) is 3. The average molecular weight is 411 g/mol. The molecule has 2 aromatic heterocycles. The van der Waals surface area contributed by atoms with Crippen molar-refractivity contribution in [3.63, 3.8) is 0 Å². The first-order valence-electron chi connectivity index (χ1n) is 9.69. The van der Waals surface area contributed by atoms with E-state index in [9.17, 15) is 10.1 Å². The number of aromatic nitrogens is 2. The van der Waals surface area contributed by atoms with Crippen molar-refractivity contribution >= 4 is 23.1 Å². The van der Waals surface area contributed by atoms with Gasteiger partial charge < -0.3 is 20.2 Å². The molecule has 7 nitrogen and oxygen atoms in total. The molecule has 0 radical (unpaired) electrons. The van der Waals surface area contributed by atoms with Gasteiger partial charge in [-0.25, -0.2) is 4.98 Å². The van der Waals surface area contributed by atoms with Crippen LogP contribution in [-0.4, -0.2) is 15.3 Å². The Kier molecular flexibility index (Phi) is 5.05. The number of imidazole rings is 1. The lowest BCUT2D eigenvalue weighted by Gasteiger charge is -2.16. The third-order valence-corrected chi connectivity index (χ3v) is 4.90. The van der Waals surface area contributed by atoms with Gasteiger partial charge >= 0.3 is 0 Å². The summed E-state index contributed by atoms with van der Waals surface area (Å²) >= 11 is 0. The Morgan fingerprint density at radius 1 is 1.10 bits per heavy atom. The van der Waals surface area contributed by atoms with Gasteiger partial charge in [-0.2, -0.15) is 5.26 Å². The molecule has 0 spiro atoms. The Morgan fingerprint density at radius 2 is 1.90 bits per heavy atom. The summed E-state index contributed by atoms with van der Waals surface area (Å²) in [6.07, 6.45) is 3.49. The molecule has 0 unspecified atom stereocenters. The normalized spacial score (nSPS) is 11.1. The van der Waals surface area contributed by atoms with E-state index >= 15 is 0 Å². The van der Waals surface area contributed by atoms with Gasteiger partial charge in [-0.05, 0) is 55.8 Å². The molecule has 0 fully saturated rings. The maximum Gasteiger partial charge on any atom is 0.255 e. The Labute approximate surface area is 179 Å². The van der Waals surface area contributed by atoms with Gasteiger partial charge in [-0.3, -0.25) is 4.79 Å². The van der Waals surface area contributed by atoms with Crippen LogP contribution in [0.5, 0.6) is 11.5 Å². The van der Waals surface area contributed by atoms with E-state index in [-0.39, 0.29) is 5.91 Å². The number of ether oxygens (including phenoxy) is 1. The molecule has 31 heavy (non-hydrogen) atoms. The molecule has 2 heterocycles. The van der Waals surface area contributed by atoms with E-state index in [1.807, 2.05) is 26.0 Å². The number of nitrogens with one attached hydrogen (secondary N) is 1. The predicted octanol–water partition coefficient (Wildman–Crippen LogP) is 4.76. The molecule has 4 rings (SSSR count). The second-order valence-corrected chi connectivity index (χ2v) is 7.70. The lowest BCUT2D eigenvalue weighted by Crippen LogP contribution is -2.17. The smallest absolute Gasteiger partial charge is 0.255 e. The summed E-state index contributed by atoms with van der Waals surface area (Å²) in [5, 5.41) is 12.2. The van der Waals surface area contributed by atoms with Crippen molar-refractivity contribution in [1.29, 1.82) is 5.26 Å². The second-order valence-electron chi connectivity index (χ2n) is 7.70. The number of hydrogen-bond donors (Lipinski definition) is 2. The van der Waals surface area contributed by atoms with Crippen molar-refractivity contribution in [3.8, 4) is 17.6 Å². The number of pyridine rings is 1. The largest absolute Gasteiger partial charge is 0.456 e. The molecule has 2 aromatic carbocycles. The van der Waals surface area contributed by atoms with Crippen LogP contribution in [0.4, 0.5) is 11.5 Å². The number of nitriles is 1. The van der Waals surface area contributed by atoms with Crippen LogP contribution < -0.4 is 15.8 Å². The minimum absolute atomic E-state index is 0.261. The fourth-order valence-corrected chi connectivity index (χ4v) is 3.14. The van der Waals surface area contributed by atoms with Crippen LogP contribution in [0.2, 0.25) is 0 Å². The molecular weight excluding hydrogens is 390 g/mol. The summed E-state index contributed by atoms with van der Waals surface area (Å²) in [4.78, 5) is 16.9. The highest BCUT2D eigenvalue weighted by Crippen LogP contribution is 2.26. The maximum atomic E-state index is 12.7. The zero-order chi connectivity index (χ0) is 22.0. The van der Waals surface area contributed by atoms with Gasteiger partial charge in [-0.15, -0.1) is 0 Å². The summed E-state index contributed by atoms with van der Waals surface area (Å²) in [7, 11) is 0. The van der Waals surface area contributed by atoms with Crippen molar-refractivity contribution in [1.82, 2.24) is 9.38 Å². The Balaban J connectivity index is 1.51. The van der Waals surface area contributed by atoms with Crippen LogP contribution in [0.1, 0.15) is 29.8 Å². The van der Waals surface area contributed by atoms with Gasteiger partial charge in [-0.1, -0.05) is 18.2 Å². The second kappa shape index (κ2) is 7.84. The average Bonchev–Trinajstić information content (AvgIpc) is 3.13. The molecule has 7 heteroatoms. The number of nitrogens with two attached hydrogens (primary N) is 1. The molecule has 4 aromatic rings. The van der Waals surface area contributed by atoms with E-state index in [0.717, 1.165) is 11.2 Å². The summed E-state index contributed by atoms with van der Waals surface area (Å²) in [5.74, 6) is 1.36. The van der Waals surface area contributed by atoms with Crippen molar-refractivity contribution in [2.24, 2.45) is 0 Å². The molecule has 0 atom stereocenters. The van der Waals surface area contributed by atoms with Crippen LogP contribution in [-0.2, 0) is 5.41 Å². The number of amides is 1. The molecular formula is C24H21N5O2. The fraction of sp³-hybridized carbons (Fsp3) is 0.125. The lowest BCUT2D eigenvalue weighted by molar-refractivity contribution is 0.102. The number of carbonyl (C=O) groups excluding carboxylic acids is 1. The highest BCUT2D eigenvalue weighted by atomic mass is 16.5. The standard InChI is InChI=1S/C24H21N5O2/c1-24(2,15-25)17-6-3-5-16(11-17)23(30)27-18-7-4-8-19(12-18)31-20-9-10-22-28-21(26)14-29(22)13-20/h3-14H,26H2,1-2H3,(H,27,30). The van der Waals surface area contributed by atoms with Crippen LogP contribution in [0.15, 0.2) is 73.1 Å². The SMILES string of the molecule is CC(C)(C#N)c1cccc(C(=O)Nc2cccc(Oc3ccc4nc(N)cn4c3)c2)c1. The number of anilines is 2. The van der Waals surface area contributed by atoms with Crippen LogP contribution in [0.25, 0.3) is 5.65 Å². The summed E-state index contributed by atoms with van der Waals surface area (Å²) in [6, 6.07) is 20.1. The summed E-state index contributed by atoms with van der Waals surface area (Å²) in [6.45, 7) is 3.64. The molecule has 154 valence electrons. The first-order chi connectivity index (χ1) is 14.8. The number of nitrogen functional groups attached to an aromatic ring is 1. The highest BCUT2D eigenvalue weighted by molar-refractivity contribution is 6.04. The minimum atomic E-state index is -0.676. The predicted molar refractivity (Wildman–Crippen MR) is 119 cm³/mol. The molecule has 0 aliphatic rings.